The van der Waals surface area contributed by atoms with Crippen LogP contribution in [0.25, 0.3) is 0 Å². The van der Waals surface area contributed by atoms with Gasteiger partial charge < -0.3 is 15.4 Å². The Morgan fingerprint density at radius 3 is 2.79 bits per heavy atom. The lowest BCUT2D eigenvalue weighted by atomic mass is 10.1. The van der Waals surface area contributed by atoms with Gasteiger partial charge in [-0.2, -0.15) is 0 Å². The van der Waals surface area contributed by atoms with Crippen molar-refractivity contribution >= 4 is 27.5 Å². The summed E-state index contributed by atoms with van der Waals surface area (Å²) in [5, 5.41) is 7.40. The molecule has 0 bridgehead atoms. The molecule has 0 aromatic heterocycles. The minimum Gasteiger partial charge on any atom is -0.384 e. The van der Waals surface area contributed by atoms with Crippen LogP contribution in [0.4, 0.5) is 10.1 Å². The summed E-state index contributed by atoms with van der Waals surface area (Å²) in [6.07, 6.45) is 0. The Hall–Kier alpha value is -1.14. The second-order valence-electron chi connectivity index (χ2n) is 5.20. The second-order valence-corrected chi connectivity index (χ2v) is 6.00. The standard InChI is InChI=1S/C13H17BrFN3O/c1-13(2)7-18(5-6-19-13)9-4-3-8(12(16)17)10(14)11(9)15/h3-4H,5-7H2,1-2H3,(H3,16,17). The number of hydrogen-bond acceptors (Lipinski definition) is 3. The molecule has 1 aliphatic heterocycles. The average molecular weight is 330 g/mol. The first-order valence-electron chi connectivity index (χ1n) is 6.03. The number of ether oxygens (including phenoxy) is 1. The topological polar surface area (TPSA) is 62.3 Å². The van der Waals surface area contributed by atoms with Gasteiger partial charge in [0.15, 0.2) is 5.82 Å². The first kappa shape index (κ1) is 14.3. The third-order valence-electron chi connectivity index (χ3n) is 3.12. The van der Waals surface area contributed by atoms with Crippen molar-refractivity contribution in [3.63, 3.8) is 0 Å². The number of nitrogens with one attached hydrogen (secondary N) is 1. The Morgan fingerprint density at radius 1 is 1.53 bits per heavy atom. The highest BCUT2D eigenvalue weighted by Gasteiger charge is 2.29. The molecule has 0 radical (unpaired) electrons. The van der Waals surface area contributed by atoms with E-state index in [-0.39, 0.29) is 21.7 Å². The number of rotatable bonds is 2. The SMILES string of the molecule is CC1(C)CN(c2ccc(C(=N)N)c(Br)c2F)CCO1. The Kier molecular flexibility index (Phi) is 3.82. The van der Waals surface area contributed by atoms with Crippen LogP contribution >= 0.6 is 15.9 Å². The zero-order valence-corrected chi connectivity index (χ0v) is 12.6. The quantitative estimate of drug-likeness (QED) is 0.647. The fourth-order valence-corrected chi connectivity index (χ4v) is 2.76. The zero-order valence-electron chi connectivity index (χ0n) is 11.0. The van der Waals surface area contributed by atoms with Crippen LogP contribution in [0.5, 0.6) is 0 Å². The first-order chi connectivity index (χ1) is 8.82. The van der Waals surface area contributed by atoms with Gasteiger partial charge in [0, 0.05) is 18.7 Å². The van der Waals surface area contributed by atoms with E-state index in [1.165, 1.54) is 0 Å². The van der Waals surface area contributed by atoms with Crippen LogP contribution in [0.3, 0.4) is 0 Å². The fourth-order valence-electron chi connectivity index (χ4n) is 2.21. The van der Waals surface area contributed by atoms with Gasteiger partial charge in [-0.15, -0.1) is 0 Å². The Morgan fingerprint density at radius 2 is 2.21 bits per heavy atom. The van der Waals surface area contributed by atoms with Gasteiger partial charge >= 0.3 is 0 Å². The molecule has 0 aliphatic carbocycles. The van der Waals surface area contributed by atoms with Gasteiger partial charge in [0.2, 0.25) is 0 Å². The lowest BCUT2D eigenvalue weighted by Crippen LogP contribution is -2.48. The van der Waals surface area contributed by atoms with Crippen LogP contribution in [-0.2, 0) is 4.74 Å². The molecular formula is C13H17BrFN3O. The van der Waals surface area contributed by atoms with E-state index in [9.17, 15) is 4.39 Å². The number of nitrogen functional groups attached to an aromatic ring is 1. The van der Waals surface area contributed by atoms with E-state index in [0.717, 1.165) is 0 Å². The van der Waals surface area contributed by atoms with E-state index < -0.39 is 0 Å². The average Bonchev–Trinajstić information content (AvgIpc) is 2.30. The maximum Gasteiger partial charge on any atom is 0.161 e. The predicted molar refractivity (Wildman–Crippen MR) is 77.4 cm³/mol. The summed E-state index contributed by atoms with van der Waals surface area (Å²) < 4.78 is 20.2. The number of anilines is 1. The van der Waals surface area contributed by atoms with Crippen LogP contribution < -0.4 is 10.6 Å². The van der Waals surface area contributed by atoms with E-state index in [1.54, 1.807) is 12.1 Å². The molecule has 19 heavy (non-hydrogen) atoms. The third kappa shape index (κ3) is 2.90. The molecule has 0 atom stereocenters. The molecule has 1 fully saturated rings. The van der Waals surface area contributed by atoms with E-state index >= 15 is 0 Å². The summed E-state index contributed by atoms with van der Waals surface area (Å²) in [4.78, 5) is 1.95. The smallest absolute Gasteiger partial charge is 0.161 e. The van der Waals surface area contributed by atoms with Gasteiger partial charge in [0.25, 0.3) is 0 Å². The minimum absolute atomic E-state index is 0.153. The lowest BCUT2D eigenvalue weighted by Gasteiger charge is -2.39. The van der Waals surface area contributed by atoms with Gasteiger partial charge in [-0.25, -0.2) is 4.39 Å². The Balaban J connectivity index is 2.36. The van der Waals surface area contributed by atoms with Crippen molar-refractivity contribution in [3.8, 4) is 0 Å². The molecule has 1 aromatic carbocycles. The number of amidine groups is 1. The largest absolute Gasteiger partial charge is 0.384 e. The summed E-state index contributed by atoms with van der Waals surface area (Å²) in [6.45, 7) is 5.80. The molecule has 0 amide bonds. The molecule has 4 nitrogen and oxygen atoms in total. The first-order valence-corrected chi connectivity index (χ1v) is 6.82. The van der Waals surface area contributed by atoms with Crippen molar-refractivity contribution in [1.29, 1.82) is 5.41 Å². The minimum atomic E-state index is -0.384. The second kappa shape index (κ2) is 5.09. The molecule has 1 saturated heterocycles. The van der Waals surface area contributed by atoms with Crippen molar-refractivity contribution in [1.82, 2.24) is 0 Å². The number of nitrogens with zero attached hydrogens (tertiary/aromatic N) is 1. The normalized spacial score (nSPS) is 18.4. The molecule has 1 aliphatic rings. The van der Waals surface area contributed by atoms with E-state index in [4.69, 9.17) is 15.9 Å². The number of hydrogen-bond donors (Lipinski definition) is 2. The molecule has 1 heterocycles. The van der Waals surface area contributed by atoms with Crippen molar-refractivity contribution in [2.24, 2.45) is 5.73 Å². The third-order valence-corrected chi connectivity index (χ3v) is 3.89. The summed E-state index contributed by atoms with van der Waals surface area (Å²) in [6, 6.07) is 3.32. The fraction of sp³-hybridized carbons (Fsp3) is 0.462. The van der Waals surface area contributed by atoms with Gasteiger partial charge in [-0.05, 0) is 41.9 Å². The molecule has 1 aromatic rings. The number of benzene rings is 1. The van der Waals surface area contributed by atoms with Crippen LogP contribution in [0.2, 0.25) is 0 Å². The summed E-state index contributed by atoms with van der Waals surface area (Å²) in [5.74, 6) is -0.537. The van der Waals surface area contributed by atoms with Crippen molar-refractivity contribution in [3.05, 3.63) is 28.0 Å². The predicted octanol–water partition coefficient (Wildman–Crippen LogP) is 2.49. The highest BCUT2D eigenvalue weighted by atomic mass is 79.9. The highest BCUT2D eigenvalue weighted by Crippen LogP contribution is 2.31. The molecule has 0 saturated carbocycles. The van der Waals surface area contributed by atoms with E-state index in [1.807, 2.05) is 18.7 Å². The van der Waals surface area contributed by atoms with Gasteiger partial charge in [-0.1, -0.05) is 0 Å². The molecule has 6 heteroatoms. The Bertz CT molecular complexity index is 519. The van der Waals surface area contributed by atoms with Gasteiger partial charge in [0.1, 0.15) is 5.84 Å². The van der Waals surface area contributed by atoms with Crippen molar-refractivity contribution in [2.75, 3.05) is 24.6 Å². The number of morpholine rings is 1. The maximum absolute atomic E-state index is 14.4. The monoisotopic (exact) mass is 329 g/mol. The molecule has 0 unspecified atom stereocenters. The lowest BCUT2D eigenvalue weighted by molar-refractivity contribution is -0.0278. The van der Waals surface area contributed by atoms with E-state index in [0.29, 0.717) is 30.9 Å². The molecular weight excluding hydrogens is 313 g/mol. The summed E-state index contributed by atoms with van der Waals surface area (Å²) in [5.41, 5.74) is 5.99. The highest BCUT2D eigenvalue weighted by molar-refractivity contribution is 9.10. The summed E-state index contributed by atoms with van der Waals surface area (Å²) >= 11 is 3.17. The number of nitrogens with two attached hydrogens (primary N) is 1. The van der Waals surface area contributed by atoms with Crippen LogP contribution in [-0.4, -0.2) is 31.1 Å². The van der Waals surface area contributed by atoms with Crippen LogP contribution in [0.15, 0.2) is 16.6 Å². The van der Waals surface area contributed by atoms with Gasteiger partial charge in [-0.3, -0.25) is 5.41 Å². The Labute approximate surface area is 120 Å². The van der Waals surface area contributed by atoms with Crippen LogP contribution in [0.1, 0.15) is 19.4 Å². The summed E-state index contributed by atoms with van der Waals surface area (Å²) in [7, 11) is 0. The van der Waals surface area contributed by atoms with E-state index in [2.05, 4.69) is 15.9 Å². The van der Waals surface area contributed by atoms with Gasteiger partial charge in [0.05, 0.1) is 22.4 Å². The molecule has 3 N–H and O–H groups in total. The molecule has 2 rings (SSSR count). The zero-order chi connectivity index (χ0) is 14.2. The molecule has 104 valence electrons. The van der Waals surface area contributed by atoms with Crippen molar-refractivity contribution in [2.45, 2.75) is 19.4 Å². The van der Waals surface area contributed by atoms with Crippen molar-refractivity contribution < 1.29 is 9.13 Å². The molecule has 0 spiro atoms. The number of halogens is 2. The maximum atomic E-state index is 14.4. The van der Waals surface area contributed by atoms with Crippen LogP contribution in [0, 0.1) is 11.2 Å².